The maximum Gasteiger partial charge on any atom is 0.282 e. The number of rotatable bonds is 3. The largest absolute Gasteiger partial charge is 0.325 e. The van der Waals surface area contributed by atoms with Gasteiger partial charge in [0.1, 0.15) is 0 Å². The van der Waals surface area contributed by atoms with Gasteiger partial charge in [0.05, 0.1) is 13.1 Å². The molecule has 1 aromatic carbocycles. The van der Waals surface area contributed by atoms with Crippen LogP contribution in [-0.2, 0) is 4.79 Å². The molecule has 1 aromatic rings. The summed E-state index contributed by atoms with van der Waals surface area (Å²) in [5.74, 6) is 0.0854. The molecule has 1 fully saturated rings. The van der Waals surface area contributed by atoms with Crippen LogP contribution in [0.4, 0.5) is 5.69 Å². The van der Waals surface area contributed by atoms with E-state index in [1.807, 2.05) is 32.0 Å². The van der Waals surface area contributed by atoms with Crippen molar-refractivity contribution in [3.05, 3.63) is 28.8 Å². The monoisotopic (exact) mass is 281 g/mol. The normalized spacial score (nSPS) is 18.1. The van der Waals surface area contributed by atoms with E-state index in [4.69, 9.17) is 11.6 Å². The summed E-state index contributed by atoms with van der Waals surface area (Å²) in [5.41, 5.74) is 1.86. The standard InChI is InChI=1S/C15H21ClN2O/c1-11-6-7-13(16)10-14(11)17-15(19)12(2)18-8-4-3-5-9-18/h6-7,10,12H,3-5,8-9H2,1-2H3,(H,17,19)/p+1/t12-/m0/s1. The molecule has 0 aromatic heterocycles. The van der Waals surface area contributed by atoms with Gasteiger partial charge in [-0.05, 0) is 50.8 Å². The summed E-state index contributed by atoms with van der Waals surface area (Å²) >= 11 is 5.97. The van der Waals surface area contributed by atoms with E-state index < -0.39 is 0 Å². The molecule has 1 aliphatic heterocycles. The number of piperidine rings is 1. The van der Waals surface area contributed by atoms with Gasteiger partial charge in [-0.2, -0.15) is 0 Å². The maximum atomic E-state index is 12.3. The van der Waals surface area contributed by atoms with Crippen LogP contribution in [0.3, 0.4) is 0 Å². The van der Waals surface area contributed by atoms with E-state index >= 15 is 0 Å². The second-order valence-electron chi connectivity index (χ2n) is 5.39. The van der Waals surface area contributed by atoms with Crippen LogP contribution >= 0.6 is 11.6 Å². The molecule has 1 atom stereocenters. The zero-order valence-corrected chi connectivity index (χ0v) is 12.4. The molecule has 0 spiro atoms. The van der Waals surface area contributed by atoms with Crippen molar-refractivity contribution < 1.29 is 9.69 Å². The number of quaternary nitrogens is 1. The first-order valence-corrected chi connectivity index (χ1v) is 7.37. The minimum Gasteiger partial charge on any atom is -0.325 e. The molecule has 2 rings (SSSR count). The number of carbonyl (C=O) groups is 1. The second-order valence-corrected chi connectivity index (χ2v) is 5.83. The minimum atomic E-state index is -0.00122. The molecule has 1 heterocycles. The van der Waals surface area contributed by atoms with Crippen LogP contribution in [-0.4, -0.2) is 25.0 Å². The van der Waals surface area contributed by atoms with Gasteiger partial charge >= 0.3 is 0 Å². The molecule has 0 unspecified atom stereocenters. The van der Waals surface area contributed by atoms with Crippen LogP contribution in [0.25, 0.3) is 0 Å². The number of aryl methyl sites for hydroxylation is 1. The van der Waals surface area contributed by atoms with Crippen molar-refractivity contribution in [3.63, 3.8) is 0 Å². The number of hydrogen-bond donors (Lipinski definition) is 2. The number of carbonyl (C=O) groups excluding carboxylic acids is 1. The molecule has 0 radical (unpaired) electrons. The Morgan fingerprint density at radius 1 is 1.32 bits per heavy atom. The smallest absolute Gasteiger partial charge is 0.282 e. The van der Waals surface area contributed by atoms with Crippen molar-refractivity contribution in [2.45, 2.75) is 39.2 Å². The van der Waals surface area contributed by atoms with Crippen LogP contribution in [0.1, 0.15) is 31.7 Å². The van der Waals surface area contributed by atoms with E-state index in [0.717, 1.165) is 24.3 Å². The summed E-state index contributed by atoms with van der Waals surface area (Å²) in [7, 11) is 0. The van der Waals surface area contributed by atoms with Gasteiger partial charge in [-0.3, -0.25) is 4.79 Å². The highest BCUT2D eigenvalue weighted by Crippen LogP contribution is 2.20. The summed E-state index contributed by atoms with van der Waals surface area (Å²) in [6.45, 7) is 6.19. The van der Waals surface area contributed by atoms with Crippen molar-refractivity contribution >= 4 is 23.2 Å². The summed E-state index contributed by atoms with van der Waals surface area (Å²) in [6.07, 6.45) is 3.75. The van der Waals surface area contributed by atoms with Gasteiger partial charge in [0, 0.05) is 10.7 Å². The fraction of sp³-hybridized carbons (Fsp3) is 0.533. The summed E-state index contributed by atoms with van der Waals surface area (Å²) in [4.78, 5) is 13.7. The van der Waals surface area contributed by atoms with Crippen LogP contribution in [0.2, 0.25) is 5.02 Å². The van der Waals surface area contributed by atoms with Crippen LogP contribution in [0.15, 0.2) is 18.2 Å². The maximum absolute atomic E-state index is 12.3. The van der Waals surface area contributed by atoms with Gasteiger partial charge in [-0.1, -0.05) is 17.7 Å². The molecule has 4 heteroatoms. The average molecular weight is 282 g/mol. The Kier molecular flexibility index (Phi) is 4.83. The van der Waals surface area contributed by atoms with E-state index in [0.29, 0.717) is 5.02 Å². The second kappa shape index (κ2) is 6.40. The van der Waals surface area contributed by atoms with E-state index in [1.165, 1.54) is 24.2 Å². The molecule has 0 bridgehead atoms. The first kappa shape index (κ1) is 14.4. The lowest BCUT2D eigenvalue weighted by molar-refractivity contribution is -0.918. The highest BCUT2D eigenvalue weighted by molar-refractivity contribution is 6.31. The van der Waals surface area contributed by atoms with Crippen LogP contribution in [0, 0.1) is 6.92 Å². The topological polar surface area (TPSA) is 33.5 Å². The number of likely N-dealkylation sites (tertiary alicyclic amines) is 1. The molecule has 1 saturated heterocycles. The molecule has 104 valence electrons. The molecule has 19 heavy (non-hydrogen) atoms. The molecule has 1 amide bonds. The van der Waals surface area contributed by atoms with Crippen molar-refractivity contribution in [2.75, 3.05) is 18.4 Å². The Hall–Kier alpha value is -1.06. The Morgan fingerprint density at radius 3 is 2.68 bits per heavy atom. The van der Waals surface area contributed by atoms with Gasteiger partial charge in [-0.15, -0.1) is 0 Å². The molecule has 0 saturated carbocycles. The molecule has 2 N–H and O–H groups in total. The zero-order chi connectivity index (χ0) is 13.8. The van der Waals surface area contributed by atoms with Gasteiger partial charge in [-0.25, -0.2) is 0 Å². The quantitative estimate of drug-likeness (QED) is 0.873. The SMILES string of the molecule is Cc1ccc(Cl)cc1NC(=O)[C@H](C)[NH+]1CCCCC1. The van der Waals surface area contributed by atoms with E-state index in [2.05, 4.69) is 5.32 Å². The van der Waals surface area contributed by atoms with Gasteiger partial charge in [0.15, 0.2) is 6.04 Å². The third-order valence-corrected chi connectivity index (χ3v) is 4.19. The van der Waals surface area contributed by atoms with Crippen LogP contribution in [0.5, 0.6) is 0 Å². The van der Waals surface area contributed by atoms with E-state index in [9.17, 15) is 4.79 Å². The van der Waals surface area contributed by atoms with Crippen molar-refractivity contribution in [1.29, 1.82) is 0 Å². The highest BCUT2D eigenvalue weighted by atomic mass is 35.5. The number of anilines is 1. The first-order chi connectivity index (χ1) is 9.08. The lowest BCUT2D eigenvalue weighted by atomic mass is 10.1. The van der Waals surface area contributed by atoms with E-state index in [-0.39, 0.29) is 11.9 Å². The molecular weight excluding hydrogens is 260 g/mol. The molecule has 3 nitrogen and oxygen atoms in total. The molecular formula is C15H22ClN2O+. The number of halogens is 1. The first-order valence-electron chi connectivity index (χ1n) is 6.99. The predicted octanol–water partition coefficient (Wildman–Crippen LogP) is 2.04. The Labute approximate surface area is 119 Å². The summed E-state index contributed by atoms with van der Waals surface area (Å²) in [6, 6.07) is 5.58. The molecule has 0 aliphatic carbocycles. The Balaban J connectivity index is 2.01. The van der Waals surface area contributed by atoms with E-state index in [1.54, 1.807) is 0 Å². The number of benzene rings is 1. The lowest BCUT2D eigenvalue weighted by Crippen LogP contribution is -3.17. The minimum absolute atomic E-state index is 0.00122. The van der Waals surface area contributed by atoms with Gasteiger partial charge < -0.3 is 10.2 Å². The third kappa shape index (κ3) is 3.71. The summed E-state index contributed by atoms with van der Waals surface area (Å²) in [5, 5.41) is 3.66. The van der Waals surface area contributed by atoms with Gasteiger partial charge in [0.2, 0.25) is 0 Å². The highest BCUT2D eigenvalue weighted by Gasteiger charge is 2.26. The Morgan fingerprint density at radius 2 is 2.00 bits per heavy atom. The fourth-order valence-corrected chi connectivity index (χ4v) is 2.77. The zero-order valence-electron chi connectivity index (χ0n) is 11.6. The molecule has 1 aliphatic rings. The summed E-state index contributed by atoms with van der Waals surface area (Å²) < 4.78 is 0. The number of amides is 1. The number of hydrogen-bond acceptors (Lipinski definition) is 1. The van der Waals surface area contributed by atoms with Gasteiger partial charge in [0.25, 0.3) is 5.91 Å². The predicted molar refractivity (Wildman–Crippen MR) is 78.8 cm³/mol. The van der Waals surface area contributed by atoms with Crippen molar-refractivity contribution in [2.24, 2.45) is 0 Å². The van der Waals surface area contributed by atoms with Crippen molar-refractivity contribution in [1.82, 2.24) is 0 Å². The fourth-order valence-electron chi connectivity index (χ4n) is 2.59. The lowest BCUT2D eigenvalue weighted by Gasteiger charge is -2.28. The number of nitrogens with one attached hydrogen (secondary N) is 2. The van der Waals surface area contributed by atoms with Crippen LogP contribution < -0.4 is 10.2 Å². The van der Waals surface area contributed by atoms with Crippen molar-refractivity contribution in [3.8, 4) is 0 Å². The third-order valence-electron chi connectivity index (χ3n) is 3.96. The average Bonchev–Trinajstić information content (AvgIpc) is 2.43. The Bertz CT molecular complexity index is 455.